The molecule has 0 bridgehead atoms. The molecule has 1 saturated carbocycles. The minimum atomic E-state index is 0.112. The van der Waals surface area contributed by atoms with E-state index in [2.05, 4.69) is 12.2 Å². The lowest BCUT2D eigenvalue weighted by Crippen LogP contribution is -2.28. The monoisotopic (exact) mass is 170 g/mol. The zero-order valence-corrected chi connectivity index (χ0v) is 7.68. The third-order valence-electron chi connectivity index (χ3n) is 2.30. The van der Waals surface area contributed by atoms with Crippen molar-refractivity contribution < 1.29 is 4.79 Å². The Balaban J connectivity index is 2.06. The van der Waals surface area contributed by atoms with Gasteiger partial charge >= 0.3 is 0 Å². The SMILES string of the molecule is CCCC1CC1NC(=O)CCN. The molecule has 1 fully saturated rings. The molecule has 0 aromatic carbocycles. The molecule has 1 rings (SSSR count). The third kappa shape index (κ3) is 2.81. The van der Waals surface area contributed by atoms with Crippen molar-refractivity contribution in [1.82, 2.24) is 5.32 Å². The summed E-state index contributed by atoms with van der Waals surface area (Å²) >= 11 is 0. The lowest BCUT2D eigenvalue weighted by Gasteiger charge is -2.01. The van der Waals surface area contributed by atoms with E-state index in [0.717, 1.165) is 5.92 Å². The van der Waals surface area contributed by atoms with Gasteiger partial charge in [0.25, 0.3) is 0 Å². The second-order valence-electron chi connectivity index (χ2n) is 3.50. The molecule has 0 spiro atoms. The molecule has 0 aromatic rings. The van der Waals surface area contributed by atoms with Crippen LogP contribution < -0.4 is 11.1 Å². The average molecular weight is 170 g/mol. The van der Waals surface area contributed by atoms with E-state index in [-0.39, 0.29) is 5.91 Å². The van der Waals surface area contributed by atoms with Crippen molar-refractivity contribution in [3.05, 3.63) is 0 Å². The van der Waals surface area contributed by atoms with Gasteiger partial charge in [-0.05, 0) is 18.8 Å². The Morgan fingerprint density at radius 1 is 1.67 bits per heavy atom. The van der Waals surface area contributed by atoms with Gasteiger partial charge < -0.3 is 11.1 Å². The normalized spacial score (nSPS) is 26.8. The zero-order chi connectivity index (χ0) is 8.97. The summed E-state index contributed by atoms with van der Waals surface area (Å²) in [6.07, 6.45) is 4.10. The van der Waals surface area contributed by atoms with Crippen LogP contribution in [0.1, 0.15) is 32.6 Å². The van der Waals surface area contributed by atoms with Gasteiger partial charge in [-0.25, -0.2) is 0 Å². The molecule has 2 unspecified atom stereocenters. The van der Waals surface area contributed by atoms with Gasteiger partial charge in [0.2, 0.25) is 5.91 Å². The van der Waals surface area contributed by atoms with Gasteiger partial charge in [0, 0.05) is 19.0 Å². The molecule has 1 aliphatic carbocycles. The molecule has 12 heavy (non-hydrogen) atoms. The standard InChI is InChI=1S/C9H18N2O/c1-2-3-7-6-8(7)11-9(12)4-5-10/h7-8H,2-6,10H2,1H3,(H,11,12). The molecule has 1 amide bonds. The number of nitrogens with one attached hydrogen (secondary N) is 1. The summed E-state index contributed by atoms with van der Waals surface area (Å²) in [7, 11) is 0. The van der Waals surface area contributed by atoms with Crippen LogP contribution in [0, 0.1) is 5.92 Å². The smallest absolute Gasteiger partial charge is 0.221 e. The number of rotatable bonds is 5. The van der Waals surface area contributed by atoms with Crippen LogP contribution in [0.5, 0.6) is 0 Å². The fraction of sp³-hybridized carbons (Fsp3) is 0.889. The van der Waals surface area contributed by atoms with Gasteiger partial charge in [-0.2, -0.15) is 0 Å². The third-order valence-corrected chi connectivity index (χ3v) is 2.30. The zero-order valence-electron chi connectivity index (χ0n) is 7.68. The maximum Gasteiger partial charge on any atom is 0.221 e. The molecular formula is C9H18N2O. The van der Waals surface area contributed by atoms with Gasteiger partial charge in [0.1, 0.15) is 0 Å². The van der Waals surface area contributed by atoms with Crippen molar-refractivity contribution in [1.29, 1.82) is 0 Å². The summed E-state index contributed by atoms with van der Waals surface area (Å²) in [6, 6.07) is 0.462. The van der Waals surface area contributed by atoms with Crippen LogP contribution in [0.3, 0.4) is 0 Å². The number of hydrogen-bond donors (Lipinski definition) is 2. The van der Waals surface area contributed by atoms with E-state index in [0.29, 0.717) is 19.0 Å². The molecule has 0 aromatic heterocycles. The summed E-state index contributed by atoms with van der Waals surface area (Å²) in [6.45, 7) is 2.63. The van der Waals surface area contributed by atoms with Gasteiger partial charge in [0.05, 0.1) is 0 Å². The van der Waals surface area contributed by atoms with Crippen LogP contribution >= 0.6 is 0 Å². The summed E-state index contributed by atoms with van der Waals surface area (Å²) < 4.78 is 0. The first-order valence-electron chi connectivity index (χ1n) is 4.77. The Labute approximate surface area is 73.7 Å². The van der Waals surface area contributed by atoms with Crippen molar-refractivity contribution in [2.24, 2.45) is 11.7 Å². The van der Waals surface area contributed by atoms with E-state index in [4.69, 9.17) is 5.73 Å². The van der Waals surface area contributed by atoms with Gasteiger partial charge in [-0.3, -0.25) is 4.79 Å². The Hall–Kier alpha value is -0.570. The molecule has 1 aliphatic rings. The predicted octanol–water partition coefficient (Wildman–Crippen LogP) is 0.640. The lowest BCUT2D eigenvalue weighted by molar-refractivity contribution is -0.121. The van der Waals surface area contributed by atoms with Crippen LogP contribution in [0.25, 0.3) is 0 Å². The molecule has 3 N–H and O–H groups in total. The summed E-state index contributed by atoms with van der Waals surface area (Å²) in [5.41, 5.74) is 5.26. The molecule has 0 heterocycles. The maximum absolute atomic E-state index is 11.1. The number of nitrogens with two attached hydrogens (primary N) is 1. The Morgan fingerprint density at radius 2 is 2.42 bits per heavy atom. The van der Waals surface area contributed by atoms with Crippen LogP contribution in [0.4, 0.5) is 0 Å². The molecular weight excluding hydrogens is 152 g/mol. The highest BCUT2D eigenvalue weighted by Gasteiger charge is 2.36. The second-order valence-corrected chi connectivity index (χ2v) is 3.50. The van der Waals surface area contributed by atoms with Gasteiger partial charge in [-0.1, -0.05) is 13.3 Å². The number of amides is 1. The minimum absolute atomic E-state index is 0.112. The van der Waals surface area contributed by atoms with Gasteiger partial charge in [-0.15, -0.1) is 0 Å². The molecule has 0 radical (unpaired) electrons. The largest absolute Gasteiger partial charge is 0.353 e. The summed E-state index contributed by atoms with van der Waals surface area (Å²) in [5.74, 6) is 0.859. The highest BCUT2D eigenvalue weighted by molar-refractivity contribution is 5.76. The van der Waals surface area contributed by atoms with Crippen LogP contribution in [0.2, 0.25) is 0 Å². The van der Waals surface area contributed by atoms with E-state index in [1.165, 1.54) is 19.3 Å². The molecule has 0 aliphatic heterocycles. The highest BCUT2D eigenvalue weighted by Crippen LogP contribution is 2.34. The minimum Gasteiger partial charge on any atom is -0.353 e. The Morgan fingerprint density at radius 3 is 3.00 bits per heavy atom. The first-order chi connectivity index (χ1) is 5.77. The predicted molar refractivity (Wildman–Crippen MR) is 48.6 cm³/mol. The van der Waals surface area contributed by atoms with Crippen LogP contribution in [-0.4, -0.2) is 18.5 Å². The van der Waals surface area contributed by atoms with Crippen LogP contribution in [-0.2, 0) is 4.79 Å². The van der Waals surface area contributed by atoms with E-state index in [9.17, 15) is 4.79 Å². The number of hydrogen-bond acceptors (Lipinski definition) is 2. The summed E-state index contributed by atoms with van der Waals surface area (Å²) in [4.78, 5) is 11.1. The topological polar surface area (TPSA) is 55.1 Å². The quantitative estimate of drug-likeness (QED) is 0.636. The fourth-order valence-electron chi connectivity index (χ4n) is 1.52. The van der Waals surface area contributed by atoms with E-state index in [1.54, 1.807) is 0 Å². The maximum atomic E-state index is 11.1. The van der Waals surface area contributed by atoms with Gasteiger partial charge in [0.15, 0.2) is 0 Å². The molecule has 3 heteroatoms. The Bertz CT molecular complexity index is 159. The molecule has 2 atom stereocenters. The molecule has 70 valence electrons. The second kappa shape index (κ2) is 4.45. The molecule has 3 nitrogen and oxygen atoms in total. The van der Waals surface area contributed by atoms with Crippen molar-refractivity contribution >= 4 is 5.91 Å². The van der Waals surface area contributed by atoms with E-state index < -0.39 is 0 Å². The van der Waals surface area contributed by atoms with Crippen LogP contribution in [0.15, 0.2) is 0 Å². The molecule has 0 saturated heterocycles. The van der Waals surface area contributed by atoms with E-state index in [1.807, 2.05) is 0 Å². The van der Waals surface area contributed by atoms with Crippen molar-refractivity contribution in [3.63, 3.8) is 0 Å². The highest BCUT2D eigenvalue weighted by atomic mass is 16.1. The number of carbonyl (C=O) groups excluding carboxylic acids is 1. The fourth-order valence-corrected chi connectivity index (χ4v) is 1.52. The van der Waals surface area contributed by atoms with Crippen molar-refractivity contribution in [2.75, 3.05) is 6.54 Å². The average Bonchev–Trinajstić information content (AvgIpc) is 2.69. The Kier molecular flexibility index (Phi) is 3.53. The first kappa shape index (κ1) is 9.52. The summed E-state index contributed by atoms with van der Waals surface area (Å²) in [5, 5.41) is 2.97. The van der Waals surface area contributed by atoms with Crippen molar-refractivity contribution in [2.45, 2.75) is 38.6 Å². The number of carbonyl (C=O) groups is 1. The first-order valence-corrected chi connectivity index (χ1v) is 4.77. The van der Waals surface area contributed by atoms with E-state index >= 15 is 0 Å². The van der Waals surface area contributed by atoms with Crippen molar-refractivity contribution in [3.8, 4) is 0 Å². The lowest BCUT2D eigenvalue weighted by atomic mass is 10.2.